The Morgan fingerprint density at radius 2 is 1.76 bits per heavy atom. The first-order chi connectivity index (χ1) is 20.4. The summed E-state index contributed by atoms with van der Waals surface area (Å²) in [6, 6.07) is 19.5. The number of carboxylic acids is 1. The first-order valence-corrected chi connectivity index (χ1v) is 15.7. The maximum atomic E-state index is 13.9. The van der Waals surface area contributed by atoms with Gasteiger partial charge in [0.1, 0.15) is 5.03 Å². The average Bonchev–Trinajstić information content (AvgIpc) is 3.36. The summed E-state index contributed by atoms with van der Waals surface area (Å²) in [6.45, 7) is 4.77. The molecule has 2 amide bonds. The summed E-state index contributed by atoms with van der Waals surface area (Å²) in [4.78, 5) is 37.2. The van der Waals surface area contributed by atoms with Gasteiger partial charge >= 0.3 is 12.0 Å². The van der Waals surface area contributed by atoms with Crippen LogP contribution in [0.2, 0.25) is 5.02 Å². The Bertz CT molecular complexity index is 1390. The minimum atomic E-state index is -0.928. The van der Waals surface area contributed by atoms with E-state index < -0.39 is 5.97 Å². The molecule has 6 rings (SSSR count). The van der Waals surface area contributed by atoms with Crippen molar-refractivity contribution < 1.29 is 19.4 Å². The van der Waals surface area contributed by atoms with Gasteiger partial charge in [0, 0.05) is 67.6 Å². The number of nitrogens with zero attached hydrogens (tertiary/aromatic N) is 4. The molecule has 0 aliphatic carbocycles. The number of piperidine rings is 1. The summed E-state index contributed by atoms with van der Waals surface area (Å²) in [5.41, 5.74) is 2.53. The maximum Gasteiger partial charge on any atom is 0.335 e. The molecule has 3 fully saturated rings. The topological polar surface area (TPSA) is 86.2 Å². The lowest BCUT2D eigenvalue weighted by molar-refractivity contribution is 0.0493. The molecule has 1 aromatic heterocycles. The fraction of sp³-hybridized carbons (Fsp3) is 0.406. The van der Waals surface area contributed by atoms with Crippen molar-refractivity contribution >= 4 is 35.4 Å². The van der Waals surface area contributed by atoms with E-state index >= 15 is 0 Å². The van der Waals surface area contributed by atoms with Crippen LogP contribution in [-0.2, 0) is 11.3 Å². The fourth-order valence-corrected chi connectivity index (χ4v) is 7.25. The van der Waals surface area contributed by atoms with Gasteiger partial charge in [0.05, 0.1) is 11.6 Å². The van der Waals surface area contributed by atoms with Crippen LogP contribution >= 0.6 is 23.4 Å². The molecule has 3 aromatic rings. The molecule has 1 atom stereocenters. The van der Waals surface area contributed by atoms with Crippen LogP contribution in [0.25, 0.3) is 0 Å². The second kappa shape index (κ2) is 13.0. The lowest BCUT2D eigenvalue weighted by atomic mass is 9.98. The number of aromatic nitrogens is 1. The van der Waals surface area contributed by atoms with Crippen molar-refractivity contribution in [2.24, 2.45) is 0 Å². The highest BCUT2D eigenvalue weighted by Gasteiger charge is 2.45. The quantitative estimate of drug-likeness (QED) is 0.326. The van der Waals surface area contributed by atoms with Gasteiger partial charge in [-0.25, -0.2) is 14.6 Å². The van der Waals surface area contributed by atoms with Gasteiger partial charge in [-0.2, -0.15) is 0 Å². The van der Waals surface area contributed by atoms with Crippen LogP contribution in [0.5, 0.6) is 0 Å². The van der Waals surface area contributed by atoms with Gasteiger partial charge in [-0.3, -0.25) is 4.90 Å². The minimum absolute atomic E-state index is 0.00479. The number of rotatable bonds is 8. The zero-order valence-electron chi connectivity index (χ0n) is 23.4. The van der Waals surface area contributed by atoms with Gasteiger partial charge in [0.2, 0.25) is 0 Å². The van der Waals surface area contributed by atoms with Crippen LogP contribution in [0.1, 0.15) is 53.2 Å². The third kappa shape index (κ3) is 6.59. The average molecular weight is 607 g/mol. The largest absolute Gasteiger partial charge is 0.478 e. The van der Waals surface area contributed by atoms with Crippen molar-refractivity contribution in [2.75, 3.05) is 32.8 Å². The number of halogens is 1. The Morgan fingerprint density at radius 1 is 1.00 bits per heavy atom. The van der Waals surface area contributed by atoms with E-state index in [0.29, 0.717) is 24.8 Å². The SMILES string of the molecule is O=C(O)c1ccc(Sc2ccc(CN3CCC(N4C(=O)N(C5CCOCC5)C[C@H]4c4cccc(Cl)c4)CC3)cn2)cc1. The third-order valence-electron chi connectivity index (χ3n) is 8.52. The number of ether oxygens (including phenoxy) is 1. The van der Waals surface area contributed by atoms with Gasteiger partial charge in [0.15, 0.2) is 0 Å². The zero-order chi connectivity index (χ0) is 29.1. The first kappa shape index (κ1) is 29.0. The van der Waals surface area contributed by atoms with E-state index in [9.17, 15) is 9.59 Å². The molecule has 0 bridgehead atoms. The van der Waals surface area contributed by atoms with E-state index in [1.165, 1.54) is 11.8 Å². The third-order valence-corrected chi connectivity index (χ3v) is 9.71. The van der Waals surface area contributed by atoms with E-state index in [0.717, 1.165) is 66.4 Å². The summed E-state index contributed by atoms with van der Waals surface area (Å²) in [5, 5.41) is 10.7. The van der Waals surface area contributed by atoms with E-state index in [-0.39, 0.29) is 29.7 Å². The molecular formula is C32H35ClN4O4S. The molecule has 1 N–H and O–H groups in total. The standard InChI is InChI=1S/C32H35ClN4O4S/c33-25-3-1-2-24(18-25)29-21-36(26-12-16-41-17-13-26)32(40)37(29)27-10-14-35(15-11-27)20-22-4-9-30(34-19-22)42-28-7-5-23(6-8-28)31(38)39/h1-9,18-19,26-27,29H,10-17,20-21H2,(H,38,39)/t29-/m0/s1. The van der Waals surface area contributed by atoms with Crippen molar-refractivity contribution in [3.8, 4) is 0 Å². The molecule has 3 aliphatic rings. The Hall–Kier alpha value is -3.11. The molecule has 0 spiro atoms. The predicted molar refractivity (Wildman–Crippen MR) is 162 cm³/mol. The second-order valence-corrected chi connectivity index (χ2v) is 12.7. The molecule has 2 aromatic carbocycles. The molecule has 10 heteroatoms. The number of carbonyl (C=O) groups is 2. The number of benzene rings is 2. The minimum Gasteiger partial charge on any atom is -0.478 e. The van der Waals surface area contributed by atoms with Crippen LogP contribution in [0, 0.1) is 0 Å². The van der Waals surface area contributed by atoms with Gasteiger partial charge in [-0.1, -0.05) is 41.6 Å². The summed E-state index contributed by atoms with van der Waals surface area (Å²) < 4.78 is 5.57. The number of carbonyl (C=O) groups excluding carboxylic acids is 1. The number of aromatic carboxylic acids is 1. The Balaban J connectivity index is 1.07. The van der Waals surface area contributed by atoms with Gasteiger partial charge < -0.3 is 19.6 Å². The van der Waals surface area contributed by atoms with Crippen LogP contribution in [0.3, 0.4) is 0 Å². The monoisotopic (exact) mass is 606 g/mol. The number of hydrogen-bond donors (Lipinski definition) is 1. The summed E-state index contributed by atoms with van der Waals surface area (Å²) in [6.07, 6.45) is 5.56. The number of pyridine rings is 1. The molecule has 0 unspecified atom stereocenters. The van der Waals surface area contributed by atoms with Crippen molar-refractivity contribution in [1.29, 1.82) is 0 Å². The number of hydrogen-bond acceptors (Lipinski definition) is 6. The number of amides is 2. The highest BCUT2D eigenvalue weighted by molar-refractivity contribution is 7.99. The lowest BCUT2D eigenvalue weighted by Gasteiger charge is -2.39. The van der Waals surface area contributed by atoms with Crippen LogP contribution in [0.15, 0.2) is 76.8 Å². The maximum absolute atomic E-state index is 13.9. The molecule has 8 nitrogen and oxygen atoms in total. The summed E-state index contributed by atoms with van der Waals surface area (Å²) in [7, 11) is 0. The molecule has 3 aliphatic heterocycles. The van der Waals surface area contributed by atoms with Crippen molar-refractivity contribution in [3.05, 3.63) is 88.6 Å². The Labute approximate surface area is 255 Å². The highest BCUT2D eigenvalue weighted by Crippen LogP contribution is 2.38. The fourth-order valence-electron chi connectivity index (χ4n) is 6.29. The normalized spacial score (nSPS) is 20.8. The predicted octanol–water partition coefficient (Wildman–Crippen LogP) is 6.21. The van der Waals surface area contributed by atoms with Gasteiger partial charge in [-0.05, 0) is 79.3 Å². The lowest BCUT2D eigenvalue weighted by Crippen LogP contribution is -2.48. The number of carboxylic acid groups (broad SMARTS) is 1. The van der Waals surface area contributed by atoms with E-state index in [4.69, 9.17) is 21.4 Å². The number of likely N-dealkylation sites (tertiary alicyclic amines) is 1. The molecule has 4 heterocycles. The molecule has 0 radical (unpaired) electrons. The number of urea groups is 1. The smallest absolute Gasteiger partial charge is 0.335 e. The van der Waals surface area contributed by atoms with Crippen molar-refractivity contribution in [2.45, 2.75) is 60.3 Å². The Morgan fingerprint density at radius 3 is 2.43 bits per heavy atom. The van der Waals surface area contributed by atoms with Gasteiger partial charge in [0.25, 0.3) is 0 Å². The molecule has 220 valence electrons. The van der Waals surface area contributed by atoms with Crippen LogP contribution in [-0.4, -0.2) is 81.7 Å². The highest BCUT2D eigenvalue weighted by atomic mass is 35.5. The zero-order valence-corrected chi connectivity index (χ0v) is 25.0. The molecular weight excluding hydrogens is 572 g/mol. The van der Waals surface area contributed by atoms with Crippen LogP contribution in [0.4, 0.5) is 4.79 Å². The van der Waals surface area contributed by atoms with Crippen LogP contribution < -0.4 is 0 Å². The first-order valence-electron chi connectivity index (χ1n) is 14.6. The van der Waals surface area contributed by atoms with Crippen molar-refractivity contribution in [3.63, 3.8) is 0 Å². The van der Waals surface area contributed by atoms with E-state index in [1.54, 1.807) is 24.3 Å². The Kier molecular flexibility index (Phi) is 9.00. The molecule has 42 heavy (non-hydrogen) atoms. The van der Waals surface area contributed by atoms with E-state index in [2.05, 4.69) is 31.8 Å². The second-order valence-electron chi connectivity index (χ2n) is 11.2. The van der Waals surface area contributed by atoms with Crippen molar-refractivity contribution in [1.82, 2.24) is 19.7 Å². The molecule has 0 saturated carbocycles. The van der Waals surface area contributed by atoms with E-state index in [1.807, 2.05) is 30.5 Å². The summed E-state index contributed by atoms with van der Waals surface area (Å²) in [5.74, 6) is -0.928. The molecule has 3 saturated heterocycles. The van der Waals surface area contributed by atoms with Gasteiger partial charge in [-0.15, -0.1) is 0 Å². The summed E-state index contributed by atoms with van der Waals surface area (Å²) >= 11 is 7.89.